The van der Waals surface area contributed by atoms with Crippen LogP contribution in [0.4, 0.5) is 5.69 Å². The van der Waals surface area contributed by atoms with Crippen LogP contribution in [0, 0.1) is 49.4 Å². The van der Waals surface area contributed by atoms with E-state index in [0.29, 0.717) is 23.7 Å². The van der Waals surface area contributed by atoms with Gasteiger partial charge >= 0.3 is 0 Å². The van der Waals surface area contributed by atoms with Gasteiger partial charge in [0.1, 0.15) is 0 Å². The number of benzene rings is 1. The van der Waals surface area contributed by atoms with Crippen molar-refractivity contribution in [2.45, 2.75) is 20.3 Å². The van der Waals surface area contributed by atoms with Gasteiger partial charge in [-0.3, -0.25) is 14.5 Å². The second-order valence-electron chi connectivity index (χ2n) is 8.02. The molecule has 1 N–H and O–H groups in total. The standard InChI is InChI=1S/C20H21BrN2O2/c1-9-5-11(6-10(2)18(9)21)22-8-23-19(24)16-12-3-4-13(15-7-14(12)15)17(16)20(23)25/h3-6,12-17,22H,7-8H2,1-2H3/t12-,13-,14-,15-,16-,17+/m1/s1. The summed E-state index contributed by atoms with van der Waals surface area (Å²) in [4.78, 5) is 27.3. The molecule has 5 heteroatoms. The number of amides is 2. The number of aryl methyl sites for hydroxylation is 2. The molecule has 0 spiro atoms. The monoisotopic (exact) mass is 400 g/mol. The van der Waals surface area contributed by atoms with E-state index >= 15 is 0 Å². The Morgan fingerprint density at radius 2 is 1.56 bits per heavy atom. The smallest absolute Gasteiger partial charge is 0.235 e. The van der Waals surface area contributed by atoms with Crippen LogP contribution in [0.25, 0.3) is 0 Å². The van der Waals surface area contributed by atoms with Gasteiger partial charge in [0.15, 0.2) is 0 Å². The van der Waals surface area contributed by atoms with Crippen LogP contribution >= 0.6 is 15.9 Å². The lowest BCUT2D eigenvalue weighted by atomic mass is 9.63. The normalized spacial score (nSPS) is 37.3. The molecule has 6 atom stereocenters. The van der Waals surface area contributed by atoms with E-state index in [1.165, 1.54) is 11.3 Å². The van der Waals surface area contributed by atoms with Gasteiger partial charge in [-0.15, -0.1) is 0 Å². The largest absolute Gasteiger partial charge is 0.367 e. The lowest BCUT2D eigenvalue weighted by molar-refractivity contribution is -0.139. The molecule has 1 aromatic rings. The van der Waals surface area contributed by atoms with Gasteiger partial charge in [0, 0.05) is 10.2 Å². The number of hydrogen-bond donors (Lipinski definition) is 1. The van der Waals surface area contributed by atoms with Crippen molar-refractivity contribution in [3.63, 3.8) is 0 Å². The molecule has 6 rings (SSSR count). The maximum atomic E-state index is 12.9. The van der Waals surface area contributed by atoms with Crippen LogP contribution in [0.5, 0.6) is 0 Å². The van der Waals surface area contributed by atoms with Gasteiger partial charge in [-0.2, -0.15) is 0 Å². The molecule has 2 bridgehead atoms. The van der Waals surface area contributed by atoms with E-state index in [0.717, 1.165) is 21.3 Å². The summed E-state index contributed by atoms with van der Waals surface area (Å²) in [5.41, 5.74) is 3.22. The highest BCUT2D eigenvalue weighted by atomic mass is 79.9. The van der Waals surface area contributed by atoms with Gasteiger partial charge in [-0.1, -0.05) is 28.1 Å². The number of imide groups is 1. The zero-order chi connectivity index (χ0) is 17.5. The predicted octanol–water partition coefficient (Wildman–Crippen LogP) is 3.49. The summed E-state index contributed by atoms with van der Waals surface area (Å²) in [5, 5.41) is 3.28. The van der Waals surface area contributed by atoms with E-state index in [9.17, 15) is 9.59 Å². The van der Waals surface area contributed by atoms with Crippen LogP contribution in [0.1, 0.15) is 17.5 Å². The Balaban J connectivity index is 1.36. The van der Waals surface area contributed by atoms with Crippen molar-refractivity contribution in [2.75, 3.05) is 12.0 Å². The molecule has 5 aliphatic rings. The molecule has 1 saturated heterocycles. The zero-order valence-corrected chi connectivity index (χ0v) is 15.9. The fourth-order valence-electron chi connectivity index (χ4n) is 5.39. The number of halogens is 1. The SMILES string of the molecule is Cc1cc(NCN2C(=O)[C@@H]3[C@@H]4C=C[C@H]([C@H]5C[C@H]45)[C@@H]3C2=O)cc(C)c1Br. The van der Waals surface area contributed by atoms with Crippen LogP contribution in [-0.4, -0.2) is 23.4 Å². The second kappa shape index (κ2) is 5.19. The number of nitrogens with one attached hydrogen (secondary N) is 1. The lowest BCUT2D eigenvalue weighted by Crippen LogP contribution is -2.40. The summed E-state index contributed by atoms with van der Waals surface area (Å²) in [5.74, 6) is 1.71. The highest BCUT2D eigenvalue weighted by molar-refractivity contribution is 9.10. The van der Waals surface area contributed by atoms with Crippen molar-refractivity contribution in [1.82, 2.24) is 4.90 Å². The molecular formula is C20H21BrN2O2. The van der Waals surface area contributed by atoms with E-state index in [-0.39, 0.29) is 30.3 Å². The molecule has 0 unspecified atom stereocenters. The minimum absolute atomic E-state index is 0.0257. The van der Waals surface area contributed by atoms with Crippen molar-refractivity contribution in [1.29, 1.82) is 0 Å². The molecule has 1 heterocycles. The van der Waals surface area contributed by atoms with Crippen molar-refractivity contribution in [2.24, 2.45) is 35.5 Å². The van der Waals surface area contributed by atoms with Gasteiger partial charge in [-0.05, 0) is 67.2 Å². The maximum Gasteiger partial charge on any atom is 0.235 e. The van der Waals surface area contributed by atoms with Gasteiger partial charge in [0.2, 0.25) is 11.8 Å². The first-order valence-corrected chi connectivity index (χ1v) is 9.81. The first-order valence-electron chi connectivity index (χ1n) is 9.01. The minimum Gasteiger partial charge on any atom is -0.367 e. The third-order valence-electron chi connectivity index (χ3n) is 6.63. The molecule has 4 nitrogen and oxygen atoms in total. The summed E-state index contributed by atoms with van der Waals surface area (Å²) < 4.78 is 1.10. The van der Waals surface area contributed by atoms with Gasteiger partial charge in [0.25, 0.3) is 0 Å². The Kier molecular flexibility index (Phi) is 3.25. The van der Waals surface area contributed by atoms with Crippen molar-refractivity contribution >= 4 is 33.4 Å². The highest BCUT2D eigenvalue weighted by Crippen LogP contribution is 2.65. The van der Waals surface area contributed by atoms with Crippen LogP contribution in [0.15, 0.2) is 28.8 Å². The number of hydrogen-bond acceptors (Lipinski definition) is 3. The summed E-state index contributed by atoms with van der Waals surface area (Å²) >= 11 is 3.57. The Morgan fingerprint density at radius 1 is 1.04 bits per heavy atom. The molecule has 25 heavy (non-hydrogen) atoms. The Morgan fingerprint density at radius 3 is 2.08 bits per heavy atom. The topological polar surface area (TPSA) is 49.4 Å². The molecule has 3 fully saturated rings. The number of carbonyl (C=O) groups is 2. The first-order chi connectivity index (χ1) is 12.0. The van der Waals surface area contributed by atoms with E-state index in [1.54, 1.807) is 0 Å². The summed E-state index contributed by atoms with van der Waals surface area (Å²) in [7, 11) is 0. The van der Waals surface area contributed by atoms with Gasteiger partial charge < -0.3 is 5.32 Å². The number of anilines is 1. The maximum absolute atomic E-state index is 12.9. The molecule has 4 aliphatic carbocycles. The molecule has 2 saturated carbocycles. The van der Waals surface area contributed by atoms with E-state index in [4.69, 9.17) is 0 Å². The number of nitrogens with zero attached hydrogens (tertiary/aromatic N) is 1. The van der Waals surface area contributed by atoms with Gasteiger partial charge in [-0.25, -0.2) is 0 Å². The number of rotatable bonds is 3. The predicted molar refractivity (Wildman–Crippen MR) is 98.7 cm³/mol. The molecule has 1 aliphatic heterocycles. The lowest BCUT2D eigenvalue weighted by Gasteiger charge is -2.37. The number of likely N-dealkylation sites (tertiary alicyclic amines) is 1. The van der Waals surface area contributed by atoms with Crippen LogP contribution in [0.2, 0.25) is 0 Å². The second-order valence-corrected chi connectivity index (χ2v) is 8.81. The van der Waals surface area contributed by atoms with Gasteiger partial charge in [0.05, 0.1) is 18.5 Å². The van der Waals surface area contributed by atoms with E-state index in [2.05, 4.69) is 33.4 Å². The van der Waals surface area contributed by atoms with Crippen molar-refractivity contribution < 1.29 is 9.59 Å². The van der Waals surface area contributed by atoms with Crippen LogP contribution in [0.3, 0.4) is 0 Å². The Labute approximate surface area is 155 Å². The van der Waals surface area contributed by atoms with E-state index < -0.39 is 0 Å². The van der Waals surface area contributed by atoms with E-state index in [1.807, 2.05) is 26.0 Å². The highest BCUT2D eigenvalue weighted by Gasteiger charge is 2.66. The quantitative estimate of drug-likeness (QED) is 0.623. The van der Waals surface area contributed by atoms with Crippen LogP contribution < -0.4 is 5.32 Å². The fourth-order valence-corrected chi connectivity index (χ4v) is 5.62. The first kappa shape index (κ1) is 15.6. The van der Waals surface area contributed by atoms with Crippen molar-refractivity contribution in [3.8, 4) is 0 Å². The summed E-state index contributed by atoms with van der Waals surface area (Å²) in [6, 6.07) is 4.07. The summed E-state index contributed by atoms with van der Waals surface area (Å²) in [6.07, 6.45) is 5.62. The minimum atomic E-state index is -0.110. The molecule has 0 aromatic heterocycles. The molecule has 130 valence electrons. The number of allylic oxidation sites excluding steroid dienone is 2. The Bertz CT molecular complexity index is 774. The van der Waals surface area contributed by atoms with Crippen LogP contribution in [-0.2, 0) is 9.59 Å². The fraction of sp³-hybridized carbons (Fsp3) is 0.500. The number of carbonyl (C=O) groups excluding carboxylic acids is 2. The molecule has 0 radical (unpaired) electrons. The average molecular weight is 401 g/mol. The van der Waals surface area contributed by atoms with Crippen molar-refractivity contribution in [3.05, 3.63) is 39.9 Å². The third kappa shape index (κ3) is 2.11. The molecule has 2 amide bonds. The summed E-state index contributed by atoms with van der Waals surface area (Å²) in [6.45, 7) is 4.34. The zero-order valence-electron chi connectivity index (χ0n) is 14.3. The average Bonchev–Trinajstić information content (AvgIpc) is 3.37. The molecular weight excluding hydrogens is 380 g/mol. The molecule has 1 aromatic carbocycles. The Hall–Kier alpha value is -1.62. The third-order valence-corrected chi connectivity index (χ3v) is 7.88.